The van der Waals surface area contributed by atoms with Gasteiger partial charge in [-0.15, -0.1) is 0 Å². The maximum atomic E-state index is 13.4. The Morgan fingerprint density at radius 1 is 1.00 bits per heavy atom. The van der Waals surface area contributed by atoms with Crippen molar-refractivity contribution in [3.63, 3.8) is 0 Å². The first-order valence-corrected chi connectivity index (χ1v) is 10.3. The van der Waals surface area contributed by atoms with Crippen molar-refractivity contribution in [3.05, 3.63) is 48.0 Å². The van der Waals surface area contributed by atoms with E-state index >= 15 is 0 Å². The molecular weight excluding hydrogens is 368 g/mol. The second-order valence-electron chi connectivity index (χ2n) is 7.81. The fourth-order valence-corrected chi connectivity index (χ4v) is 4.46. The number of aryl methyl sites for hydroxylation is 1. The lowest BCUT2D eigenvalue weighted by Gasteiger charge is -2.26. The van der Waals surface area contributed by atoms with E-state index in [2.05, 4.69) is 6.07 Å². The average molecular weight is 392 g/mol. The summed E-state index contributed by atoms with van der Waals surface area (Å²) in [5.74, 6) is 1.04. The maximum absolute atomic E-state index is 13.4. The van der Waals surface area contributed by atoms with Crippen LogP contribution in [-0.2, 0) is 16.0 Å². The summed E-state index contributed by atoms with van der Waals surface area (Å²) in [6.45, 7) is 2.14. The monoisotopic (exact) mass is 392 g/mol. The SMILES string of the molecule is O=C1CC(C(=O)N2CCCCc3ccccc32)CN1c1ccc2c(c1)OCCO2. The molecule has 2 aromatic rings. The first-order valence-electron chi connectivity index (χ1n) is 10.3. The summed E-state index contributed by atoms with van der Waals surface area (Å²) in [6.07, 6.45) is 3.29. The Balaban J connectivity index is 1.37. The van der Waals surface area contributed by atoms with Gasteiger partial charge in [-0.3, -0.25) is 9.59 Å². The van der Waals surface area contributed by atoms with E-state index in [4.69, 9.17) is 9.47 Å². The number of hydrogen-bond acceptors (Lipinski definition) is 4. The van der Waals surface area contributed by atoms with Gasteiger partial charge in [0.25, 0.3) is 0 Å². The number of anilines is 2. The summed E-state index contributed by atoms with van der Waals surface area (Å²) >= 11 is 0. The minimum atomic E-state index is -0.332. The van der Waals surface area contributed by atoms with Gasteiger partial charge in [0.2, 0.25) is 11.8 Å². The fourth-order valence-electron chi connectivity index (χ4n) is 4.46. The van der Waals surface area contributed by atoms with Gasteiger partial charge in [-0.05, 0) is 43.0 Å². The molecule has 0 aliphatic carbocycles. The third kappa shape index (κ3) is 3.33. The summed E-state index contributed by atoms with van der Waals surface area (Å²) < 4.78 is 11.2. The van der Waals surface area contributed by atoms with Crippen molar-refractivity contribution < 1.29 is 19.1 Å². The number of nitrogens with zero attached hydrogens (tertiary/aromatic N) is 2. The molecule has 1 saturated heterocycles. The predicted molar refractivity (Wildman–Crippen MR) is 110 cm³/mol. The van der Waals surface area contributed by atoms with Crippen molar-refractivity contribution >= 4 is 23.2 Å². The number of hydrogen-bond donors (Lipinski definition) is 0. The van der Waals surface area contributed by atoms with Crippen molar-refractivity contribution in [1.29, 1.82) is 0 Å². The Morgan fingerprint density at radius 2 is 1.83 bits per heavy atom. The predicted octanol–water partition coefficient (Wildman–Crippen LogP) is 3.18. The van der Waals surface area contributed by atoms with Gasteiger partial charge in [-0.1, -0.05) is 18.2 Å². The van der Waals surface area contributed by atoms with E-state index in [0.29, 0.717) is 37.8 Å². The number of rotatable bonds is 2. The van der Waals surface area contributed by atoms with Crippen LogP contribution in [0.1, 0.15) is 24.8 Å². The van der Waals surface area contributed by atoms with Gasteiger partial charge in [0, 0.05) is 37.0 Å². The van der Waals surface area contributed by atoms with Gasteiger partial charge < -0.3 is 19.3 Å². The molecule has 2 amide bonds. The second-order valence-corrected chi connectivity index (χ2v) is 7.81. The minimum absolute atomic E-state index is 0.0249. The van der Waals surface area contributed by atoms with E-state index < -0.39 is 0 Å². The van der Waals surface area contributed by atoms with Gasteiger partial charge in [0.15, 0.2) is 11.5 Å². The highest BCUT2D eigenvalue weighted by Gasteiger charge is 2.38. The number of carbonyl (C=O) groups is 2. The maximum Gasteiger partial charge on any atom is 0.232 e. The van der Waals surface area contributed by atoms with E-state index in [1.54, 1.807) is 4.90 Å². The smallest absolute Gasteiger partial charge is 0.232 e. The molecule has 150 valence electrons. The molecule has 29 heavy (non-hydrogen) atoms. The van der Waals surface area contributed by atoms with Gasteiger partial charge in [-0.2, -0.15) is 0 Å². The molecule has 3 aliphatic rings. The molecule has 3 heterocycles. The third-order valence-electron chi connectivity index (χ3n) is 5.94. The molecule has 6 heteroatoms. The average Bonchev–Trinajstić information content (AvgIpc) is 3.02. The van der Waals surface area contributed by atoms with Crippen molar-refractivity contribution in [2.75, 3.05) is 36.1 Å². The highest BCUT2D eigenvalue weighted by Crippen LogP contribution is 2.37. The molecular formula is C23H24N2O4. The Bertz CT molecular complexity index is 958. The Kier molecular flexibility index (Phi) is 4.62. The highest BCUT2D eigenvalue weighted by molar-refractivity contribution is 6.04. The number of ether oxygens (including phenoxy) is 2. The van der Waals surface area contributed by atoms with Crippen LogP contribution in [0.4, 0.5) is 11.4 Å². The minimum Gasteiger partial charge on any atom is -0.486 e. The van der Waals surface area contributed by atoms with Crippen LogP contribution in [0, 0.1) is 5.92 Å². The molecule has 2 aromatic carbocycles. The molecule has 0 aromatic heterocycles. The van der Waals surface area contributed by atoms with Crippen LogP contribution in [0.5, 0.6) is 11.5 Å². The van der Waals surface area contributed by atoms with Crippen molar-refractivity contribution in [3.8, 4) is 11.5 Å². The normalized spacial score (nSPS) is 21.0. The van der Waals surface area contributed by atoms with Crippen LogP contribution in [0.3, 0.4) is 0 Å². The summed E-state index contributed by atoms with van der Waals surface area (Å²) in [5.41, 5.74) is 2.97. The zero-order chi connectivity index (χ0) is 19.8. The van der Waals surface area contributed by atoms with E-state index in [-0.39, 0.29) is 24.2 Å². The summed E-state index contributed by atoms with van der Waals surface area (Å²) in [4.78, 5) is 29.7. The number of amides is 2. The summed E-state index contributed by atoms with van der Waals surface area (Å²) in [7, 11) is 0. The second kappa shape index (κ2) is 7.43. The first kappa shape index (κ1) is 18.0. The molecule has 0 N–H and O–H groups in total. The number of para-hydroxylation sites is 1. The molecule has 6 nitrogen and oxygen atoms in total. The van der Waals surface area contributed by atoms with Crippen LogP contribution in [0.25, 0.3) is 0 Å². The van der Waals surface area contributed by atoms with Gasteiger partial charge in [-0.25, -0.2) is 0 Å². The zero-order valence-corrected chi connectivity index (χ0v) is 16.3. The van der Waals surface area contributed by atoms with E-state index in [9.17, 15) is 9.59 Å². The van der Waals surface area contributed by atoms with E-state index in [0.717, 1.165) is 30.6 Å². The number of benzene rings is 2. The lowest BCUT2D eigenvalue weighted by atomic mass is 10.0. The molecule has 5 rings (SSSR count). The molecule has 0 spiro atoms. The highest BCUT2D eigenvalue weighted by atomic mass is 16.6. The van der Waals surface area contributed by atoms with Crippen molar-refractivity contribution in [2.45, 2.75) is 25.7 Å². The molecule has 0 bridgehead atoms. The topological polar surface area (TPSA) is 59.1 Å². The van der Waals surface area contributed by atoms with Gasteiger partial charge in [0.1, 0.15) is 13.2 Å². The van der Waals surface area contributed by atoms with Crippen LogP contribution in [0.15, 0.2) is 42.5 Å². The first-order chi connectivity index (χ1) is 14.2. The van der Waals surface area contributed by atoms with Crippen LogP contribution in [0.2, 0.25) is 0 Å². The number of fused-ring (bicyclic) bond motifs is 2. The van der Waals surface area contributed by atoms with Crippen LogP contribution < -0.4 is 19.3 Å². The Labute approximate surface area is 170 Å². The Hall–Kier alpha value is -3.02. The number of carbonyl (C=O) groups excluding carboxylic acids is 2. The standard InChI is InChI=1S/C23H24N2O4/c26-22-13-17(15-25(22)18-8-9-20-21(14-18)29-12-11-28-20)23(27)24-10-4-3-6-16-5-1-2-7-19(16)24/h1-2,5,7-9,14,17H,3-4,6,10-13,15H2. The Morgan fingerprint density at radius 3 is 2.72 bits per heavy atom. The van der Waals surface area contributed by atoms with E-state index in [1.165, 1.54) is 5.56 Å². The summed E-state index contributed by atoms with van der Waals surface area (Å²) in [6, 6.07) is 13.6. The molecule has 3 aliphatic heterocycles. The van der Waals surface area contributed by atoms with Crippen LogP contribution >= 0.6 is 0 Å². The van der Waals surface area contributed by atoms with E-state index in [1.807, 2.05) is 41.3 Å². The quantitative estimate of drug-likeness (QED) is 0.788. The largest absolute Gasteiger partial charge is 0.486 e. The third-order valence-corrected chi connectivity index (χ3v) is 5.94. The fraction of sp³-hybridized carbons (Fsp3) is 0.391. The lowest BCUT2D eigenvalue weighted by molar-refractivity contribution is -0.124. The van der Waals surface area contributed by atoms with Gasteiger partial charge >= 0.3 is 0 Å². The van der Waals surface area contributed by atoms with Gasteiger partial charge in [0.05, 0.1) is 5.92 Å². The molecule has 0 radical (unpaired) electrons. The van der Waals surface area contributed by atoms with Crippen molar-refractivity contribution in [1.82, 2.24) is 0 Å². The molecule has 0 saturated carbocycles. The lowest BCUT2D eigenvalue weighted by Crippen LogP contribution is -2.38. The zero-order valence-electron chi connectivity index (χ0n) is 16.3. The molecule has 1 atom stereocenters. The van der Waals surface area contributed by atoms with Crippen LogP contribution in [-0.4, -0.2) is 38.1 Å². The van der Waals surface area contributed by atoms with Crippen molar-refractivity contribution in [2.24, 2.45) is 5.92 Å². The molecule has 1 unspecified atom stereocenters. The molecule has 1 fully saturated rings. The summed E-state index contributed by atoms with van der Waals surface area (Å²) in [5, 5.41) is 0.